The van der Waals surface area contributed by atoms with Gasteiger partial charge in [0.15, 0.2) is 0 Å². The van der Waals surface area contributed by atoms with Crippen molar-refractivity contribution in [2.24, 2.45) is 0 Å². The van der Waals surface area contributed by atoms with E-state index in [1.807, 2.05) is 36.4 Å². The highest BCUT2D eigenvalue weighted by Gasteiger charge is 2.21. The van der Waals surface area contributed by atoms with Gasteiger partial charge in [-0.25, -0.2) is 4.39 Å². The first kappa shape index (κ1) is 13.0. The molecule has 0 heterocycles. The van der Waals surface area contributed by atoms with Gasteiger partial charge in [0.1, 0.15) is 5.67 Å². The molecule has 0 radical (unpaired) electrons. The summed E-state index contributed by atoms with van der Waals surface area (Å²) in [6, 6.07) is 9.83. The predicted octanol–water partition coefficient (Wildman–Crippen LogP) is 4.70. The topological polar surface area (TPSA) is 0 Å². The Kier molecular flexibility index (Phi) is 4.72. The van der Waals surface area contributed by atoms with Crippen LogP contribution in [0.5, 0.6) is 0 Å². The number of hydrogen-bond donors (Lipinski definition) is 0. The Hall–Kier alpha value is -1.11. The lowest BCUT2D eigenvalue weighted by Gasteiger charge is -2.19. The number of allylic oxidation sites excluding steroid dienone is 2. The van der Waals surface area contributed by atoms with Crippen molar-refractivity contribution in [3.05, 3.63) is 47.5 Å². The lowest BCUT2D eigenvalue weighted by molar-refractivity contribution is 0.193. The van der Waals surface area contributed by atoms with Crippen molar-refractivity contribution in [1.29, 1.82) is 0 Å². The minimum Gasteiger partial charge on any atom is -0.243 e. The van der Waals surface area contributed by atoms with Gasteiger partial charge in [0.2, 0.25) is 0 Å². The summed E-state index contributed by atoms with van der Waals surface area (Å²) in [5.74, 6) is 0. The highest BCUT2D eigenvalue weighted by atomic mass is 19.1. The number of alkyl halides is 1. The quantitative estimate of drug-likeness (QED) is 0.631. The first-order valence-corrected chi connectivity index (χ1v) is 5.92. The van der Waals surface area contributed by atoms with Crippen LogP contribution in [0.3, 0.4) is 0 Å². The molecule has 0 N–H and O–H groups in total. The third-order valence-corrected chi connectivity index (χ3v) is 2.85. The third-order valence-electron chi connectivity index (χ3n) is 2.85. The van der Waals surface area contributed by atoms with Gasteiger partial charge in [0.25, 0.3) is 0 Å². The molecular formula is C15H21F. The average molecular weight is 220 g/mol. The van der Waals surface area contributed by atoms with E-state index in [0.29, 0.717) is 12.8 Å². The van der Waals surface area contributed by atoms with Crippen LogP contribution in [-0.4, -0.2) is 5.67 Å². The molecule has 0 aromatic heterocycles. The first-order valence-electron chi connectivity index (χ1n) is 5.92. The van der Waals surface area contributed by atoms with Crippen molar-refractivity contribution in [1.82, 2.24) is 0 Å². The first-order chi connectivity index (χ1) is 7.53. The van der Waals surface area contributed by atoms with E-state index in [4.69, 9.17) is 0 Å². The zero-order chi connectivity index (χ0) is 12.0. The van der Waals surface area contributed by atoms with Crippen LogP contribution in [0.25, 0.3) is 0 Å². The fourth-order valence-corrected chi connectivity index (χ4v) is 1.63. The average Bonchev–Trinajstić information content (AvgIpc) is 2.27. The van der Waals surface area contributed by atoms with Crippen LogP contribution in [-0.2, 0) is 6.42 Å². The molecule has 16 heavy (non-hydrogen) atoms. The molecule has 0 aliphatic rings. The minimum absolute atomic E-state index is 0.487. The molecule has 0 nitrogen and oxygen atoms in total. The summed E-state index contributed by atoms with van der Waals surface area (Å²) >= 11 is 0. The number of halogens is 1. The minimum atomic E-state index is -1.14. The van der Waals surface area contributed by atoms with E-state index in [2.05, 4.69) is 13.8 Å². The molecule has 1 aromatic rings. The molecular weight excluding hydrogens is 199 g/mol. The van der Waals surface area contributed by atoms with Crippen molar-refractivity contribution < 1.29 is 4.39 Å². The highest BCUT2D eigenvalue weighted by molar-refractivity contribution is 5.17. The molecule has 0 aliphatic heterocycles. The van der Waals surface area contributed by atoms with Crippen LogP contribution in [0, 0.1) is 0 Å². The molecule has 0 spiro atoms. The molecule has 0 saturated heterocycles. The van der Waals surface area contributed by atoms with E-state index < -0.39 is 5.67 Å². The summed E-state index contributed by atoms with van der Waals surface area (Å²) in [6.07, 6.45) is 4.01. The standard InChI is InChI=1S/C15H21F/c1-4-13(2)10-11-15(3,16)12-14-8-6-5-7-9-14/h5-10H,4,11-12H2,1-3H3/b13-10+. The van der Waals surface area contributed by atoms with Crippen LogP contribution in [0.2, 0.25) is 0 Å². The SMILES string of the molecule is CC/C(C)=C/CC(C)(F)Cc1ccccc1. The second kappa shape index (κ2) is 5.83. The molecule has 0 aliphatic carbocycles. The van der Waals surface area contributed by atoms with Gasteiger partial charge in [0, 0.05) is 6.42 Å². The van der Waals surface area contributed by atoms with Crippen LogP contribution in [0.15, 0.2) is 42.0 Å². The molecule has 1 unspecified atom stereocenters. The molecule has 0 saturated carbocycles. The second-order valence-electron chi connectivity index (χ2n) is 4.68. The smallest absolute Gasteiger partial charge is 0.115 e. The Labute approximate surface area is 98.2 Å². The van der Waals surface area contributed by atoms with Crippen molar-refractivity contribution in [3.8, 4) is 0 Å². The summed E-state index contributed by atoms with van der Waals surface area (Å²) in [7, 11) is 0. The number of benzene rings is 1. The van der Waals surface area contributed by atoms with Crippen LogP contribution in [0.4, 0.5) is 4.39 Å². The second-order valence-corrected chi connectivity index (χ2v) is 4.68. The highest BCUT2D eigenvalue weighted by Crippen LogP contribution is 2.23. The molecule has 0 bridgehead atoms. The maximum absolute atomic E-state index is 14.2. The third kappa shape index (κ3) is 4.61. The molecule has 1 rings (SSSR count). The van der Waals surface area contributed by atoms with E-state index in [0.717, 1.165) is 12.0 Å². The molecule has 0 fully saturated rings. The molecule has 1 aromatic carbocycles. The molecule has 88 valence electrons. The number of hydrogen-bond acceptors (Lipinski definition) is 0. The van der Waals surface area contributed by atoms with Gasteiger partial charge in [-0.2, -0.15) is 0 Å². The van der Waals surface area contributed by atoms with E-state index in [1.54, 1.807) is 6.92 Å². The maximum Gasteiger partial charge on any atom is 0.115 e. The van der Waals surface area contributed by atoms with Gasteiger partial charge in [-0.3, -0.25) is 0 Å². The van der Waals surface area contributed by atoms with Crippen molar-refractivity contribution >= 4 is 0 Å². The van der Waals surface area contributed by atoms with Crippen molar-refractivity contribution in [2.45, 2.75) is 45.7 Å². The molecule has 1 atom stereocenters. The Bertz CT molecular complexity index is 336. The summed E-state index contributed by atoms with van der Waals surface area (Å²) in [6.45, 7) is 5.83. The van der Waals surface area contributed by atoms with Crippen molar-refractivity contribution in [3.63, 3.8) is 0 Å². The lowest BCUT2D eigenvalue weighted by Crippen LogP contribution is -2.20. The number of rotatable bonds is 5. The van der Waals surface area contributed by atoms with Gasteiger partial charge in [0.05, 0.1) is 0 Å². The maximum atomic E-state index is 14.2. The Morgan fingerprint density at radius 3 is 2.50 bits per heavy atom. The van der Waals surface area contributed by atoms with Crippen LogP contribution >= 0.6 is 0 Å². The largest absolute Gasteiger partial charge is 0.243 e. The van der Waals surface area contributed by atoms with Crippen LogP contribution < -0.4 is 0 Å². The Morgan fingerprint density at radius 2 is 1.94 bits per heavy atom. The summed E-state index contributed by atoms with van der Waals surface area (Å²) in [5.41, 5.74) is 1.18. The Morgan fingerprint density at radius 1 is 1.31 bits per heavy atom. The summed E-state index contributed by atoms with van der Waals surface area (Å²) in [4.78, 5) is 0. The normalized spacial score (nSPS) is 15.9. The van der Waals surface area contributed by atoms with E-state index in [1.165, 1.54) is 5.57 Å². The van der Waals surface area contributed by atoms with E-state index in [9.17, 15) is 4.39 Å². The molecule has 0 amide bonds. The Balaban J connectivity index is 2.58. The summed E-state index contributed by atoms with van der Waals surface area (Å²) in [5, 5.41) is 0. The van der Waals surface area contributed by atoms with Gasteiger partial charge in [-0.05, 0) is 32.3 Å². The van der Waals surface area contributed by atoms with Gasteiger partial charge in [-0.1, -0.05) is 48.9 Å². The zero-order valence-electron chi connectivity index (χ0n) is 10.5. The van der Waals surface area contributed by atoms with Crippen molar-refractivity contribution in [2.75, 3.05) is 0 Å². The van der Waals surface area contributed by atoms with E-state index in [-0.39, 0.29) is 0 Å². The van der Waals surface area contributed by atoms with Crippen LogP contribution in [0.1, 0.15) is 39.2 Å². The van der Waals surface area contributed by atoms with Gasteiger partial charge in [-0.15, -0.1) is 0 Å². The lowest BCUT2D eigenvalue weighted by atomic mass is 9.94. The summed E-state index contributed by atoms with van der Waals surface area (Å²) < 4.78 is 14.2. The fourth-order valence-electron chi connectivity index (χ4n) is 1.63. The molecule has 1 heteroatoms. The van der Waals surface area contributed by atoms with E-state index >= 15 is 0 Å². The van der Waals surface area contributed by atoms with Gasteiger partial charge < -0.3 is 0 Å². The predicted molar refractivity (Wildman–Crippen MR) is 68.3 cm³/mol. The van der Waals surface area contributed by atoms with Gasteiger partial charge >= 0.3 is 0 Å². The zero-order valence-corrected chi connectivity index (χ0v) is 10.5. The monoisotopic (exact) mass is 220 g/mol. The fraction of sp³-hybridized carbons (Fsp3) is 0.467.